The molecule has 26 heavy (non-hydrogen) atoms. The van der Waals surface area contributed by atoms with Crippen molar-refractivity contribution in [3.8, 4) is 0 Å². The van der Waals surface area contributed by atoms with Crippen molar-refractivity contribution < 1.29 is 14.3 Å². The Bertz CT molecular complexity index is 805. The van der Waals surface area contributed by atoms with E-state index in [2.05, 4.69) is 10.6 Å². The van der Waals surface area contributed by atoms with Crippen LogP contribution in [0.15, 0.2) is 48.5 Å². The first-order valence-electron chi connectivity index (χ1n) is 8.46. The van der Waals surface area contributed by atoms with Crippen LogP contribution in [0.1, 0.15) is 46.0 Å². The monoisotopic (exact) mass is 370 g/mol. The molecule has 0 spiro atoms. The molecule has 0 saturated heterocycles. The van der Waals surface area contributed by atoms with E-state index in [0.717, 1.165) is 18.4 Å². The van der Waals surface area contributed by atoms with Crippen LogP contribution in [-0.2, 0) is 4.74 Å². The van der Waals surface area contributed by atoms with Crippen LogP contribution in [0.5, 0.6) is 0 Å². The molecule has 5 nitrogen and oxygen atoms in total. The number of rotatable bonds is 6. The number of nitrogens with one attached hydrogen (secondary N) is 2. The Balaban J connectivity index is 1.96. The van der Waals surface area contributed by atoms with Gasteiger partial charge in [0.1, 0.15) is 0 Å². The van der Waals surface area contributed by atoms with Gasteiger partial charge in [0.15, 0.2) is 5.11 Å². The van der Waals surface area contributed by atoms with E-state index in [-0.39, 0.29) is 17.0 Å². The zero-order chi connectivity index (χ0) is 18.9. The topological polar surface area (TPSA) is 67.4 Å². The average molecular weight is 370 g/mol. The second kappa shape index (κ2) is 9.68. The van der Waals surface area contributed by atoms with Crippen LogP contribution in [0.2, 0.25) is 0 Å². The van der Waals surface area contributed by atoms with Crippen LogP contribution in [0.3, 0.4) is 0 Å². The lowest BCUT2D eigenvalue weighted by atomic mass is 10.1. The maximum Gasteiger partial charge on any atom is 0.338 e. The van der Waals surface area contributed by atoms with Gasteiger partial charge in [0, 0.05) is 11.3 Å². The molecular formula is C20H22N2O3S. The molecule has 0 aliphatic rings. The van der Waals surface area contributed by atoms with Gasteiger partial charge in [-0.1, -0.05) is 37.6 Å². The molecule has 0 atom stereocenters. The van der Waals surface area contributed by atoms with Crippen molar-refractivity contribution in [3.63, 3.8) is 0 Å². The molecule has 0 aromatic heterocycles. The van der Waals surface area contributed by atoms with Gasteiger partial charge in [0.25, 0.3) is 5.91 Å². The Morgan fingerprint density at radius 3 is 2.62 bits per heavy atom. The number of esters is 1. The molecule has 0 aliphatic heterocycles. The van der Waals surface area contributed by atoms with Crippen LogP contribution < -0.4 is 10.6 Å². The summed E-state index contributed by atoms with van der Waals surface area (Å²) < 4.78 is 5.19. The van der Waals surface area contributed by atoms with Crippen LogP contribution in [0.25, 0.3) is 0 Å². The third-order valence-electron chi connectivity index (χ3n) is 3.70. The van der Waals surface area contributed by atoms with Gasteiger partial charge in [0.05, 0.1) is 12.2 Å². The van der Waals surface area contributed by atoms with Gasteiger partial charge in [0.2, 0.25) is 0 Å². The number of benzene rings is 2. The molecule has 2 aromatic rings. The highest BCUT2D eigenvalue weighted by atomic mass is 32.1. The van der Waals surface area contributed by atoms with Crippen molar-refractivity contribution >= 4 is 34.9 Å². The predicted octanol–water partition coefficient (Wildman–Crippen LogP) is 4.08. The van der Waals surface area contributed by atoms with Gasteiger partial charge in [-0.05, 0) is 55.4 Å². The summed E-state index contributed by atoms with van der Waals surface area (Å²) in [6.07, 6.45) is 1.79. The van der Waals surface area contributed by atoms with Crippen molar-refractivity contribution in [1.82, 2.24) is 5.32 Å². The number of carbonyl (C=O) groups is 2. The van der Waals surface area contributed by atoms with Crippen molar-refractivity contribution in [2.45, 2.75) is 26.7 Å². The van der Waals surface area contributed by atoms with Crippen LogP contribution in [0, 0.1) is 6.92 Å². The summed E-state index contributed by atoms with van der Waals surface area (Å²) in [5.41, 5.74) is 2.46. The minimum absolute atomic E-state index is 0.162. The lowest BCUT2D eigenvalue weighted by Gasteiger charge is -2.11. The first-order valence-corrected chi connectivity index (χ1v) is 8.87. The molecule has 0 aliphatic carbocycles. The van der Waals surface area contributed by atoms with E-state index in [1.807, 2.05) is 26.0 Å². The number of hydrogen-bond acceptors (Lipinski definition) is 4. The van der Waals surface area contributed by atoms with Crippen LogP contribution >= 0.6 is 12.2 Å². The maximum absolute atomic E-state index is 12.3. The molecule has 0 unspecified atom stereocenters. The molecule has 0 fully saturated rings. The largest absolute Gasteiger partial charge is 0.462 e. The highest BCUT2D eigenvalue weighted by molar-refractivity contribution is 7.80. The quantitative estimate of drug-likeness (QED) is 0.456. The average Bonchev–Trinajstić information content (AvgIpc) is 2.62. The normalized spacial score (nSPS) is 10.1. The number of thiocarbonyl (C=S) groups is 1. The lowest BCUT2D eigenvalue weighted by Crippen LogP contribution is -2.34. The molecule has 0 radical (unpaired) electrons. The van der Waals surface area contributed by atoms with E-state index in [0.29, 0.717) is 23.4 Å². The molecule has 136 valence electrons. The summed E-state index contributed by atoms with van der Waals surface area (Å²) in [4.78, 5) is 24.3. The number of amides is 1. The van der Waals surface area contributed by atoms with Gasteiger partial charge in [-0.25, -0.2) is 4.79 Å². The fraction of sp³-hybridized carbons (Fsp3) is 0.250. The van der Waals surface area contributed by atoms with Crippen LogP contribution in [0.4, 0.5) is 5.69 Å². The van der Waals surface area contributed by atoms with E-state index in [1.54, 1.807) is 36.4 Å². The SMILES string of the molecule is CCCCOC(=O)c1cccc(NC(=S)NC(=O)c2ccccc2C)c1. The number of aryl methyl sites for hydroxylation is 1. The second-order valence-electron chi connectivity index (χ2n) is 5.79. The van der Waals surface area contributed by atoms with Gasteiger partial charge >= 0.3 is 5.97 Å². The highest BCUT2D eigenvalue weighted by Crippen LogP contribution is 2.12. The Labute approximate surface area is 158 Å². The van der Waals surface area contributed by atoms with Crippen LogP contribution in [-0.4, -0.2) is 23.6 Å². The Kier molecular flexibility index (Phi) is 7.29. The van der Waals surface area contributed by atoms with Crippen molar-refractivity contribution in [3.05, 3.63) is 65.2 Å². The number of ether oxygens (including phenoxy) is 1. The zero-order valence-corrected chi connectivity index (χ0v) is 15.7. The summed E-state index contributed by atoms with van der Waals surface area (Å²) in [5, 5.41) is 5.72. The zero-order valence-electron chi connectivity index (χ0n) is 14.9. The summed E-state index contributed by atoms with van der Waals surface area (Å²) in [6, 6.07) is 14.1. The minimum Gasteiger partial charge on any atom is -0.462 e. The van der Waals surface area contributed by atoms with E-state index in [9.17, 15) is 9.59 Å². The number of anilines is 1. The Hall–Kier alpha value is -2.73. The van der Waals surface area contributed by atoms with Crippen molar-refractivity contribution in [2.24, 2.45) is 0 Å². The first kappa shape index (κ1) is 19.6. The third-order valence-corrected chi connectivity index (χ3v) is 3.91. The first-order chi connectivity index (χ1) is 12.5. The summed E-state index contributed by atoms with van der Waals surface area (Å²) in [6.45, 7) is 4.29. The number of unbranched alkanes of at least 4 members (excludes halogenated alkanes) is 1. The number of carbonyl (C=O) groups excluding carboxylic acids is 2. The van der Waals surface area contributed by atoms with Gasteiger partial charge in [-0.3, -0.25) is 10.1 Å². The van der Waals surface area contributed by atoms with E-state index in [4.69, 9.17) is 17.0 Å². The lowest BCUT2D eigenvalue weighted by molar-refractivity contribution is 0.0499. The van der Waals surface area contributed by atoms with Gasteiger partial charge in [-0.2, -0.15) is 0 Å². The van der Waals surface area contributed by atoms with Gasteiger partial charge in [-0.15, -0.1) is 0 Å². The summed E-state index contributed by atoms with van der Waals surface area (Å²) in [7, 11) is 0. The Morgan fingerprint density at radius 1 is 1.12 bits per heavy atom. The molecule has 1 amide bonds. The molecule has 2 aromatic carbocycles. The smallest absolute Gasteiger partial charge is 0.338 e. The minimum atomic E-state index is -0.378. The molecule has 0 heterocycles. The fourth-order valence-electron chi connectivity index (χ4n) is 2.28. The summed E-state index contributed by atoms with van der Waals surface area (Å²) >= 11 is 5.19. The maximum atomic E-state index is 12.3. The standard InChI is InChI=1S/C20H22N2O3S/c1-3-4-12-25-19(24)15-9-7-10-16(13-15)21-20(26)22-18(23)17-11-6-5-8-14(17)2/h5-11,13H,3-4,12H2,1-2H3,(H2,21,22,23,26). The summed E-state index contributed by atoms with van der Waals surface area (Å²) in [5.74, 6) is -0.660. The fourth-order valence-corrected chi connectivity index (χ4v) is 2.49. The van der Waals surface area contributed by atoms with Crippen molar-refractivity contribution in [1.29, 1.82) is 0 Å². The molecule has 0 bridgehead atoms. The molecular weight excluding hydrogens is 348 g/mol. The molecule has 6 heteroatoms. The van der Waals surface area contributed by atoms with Gasteiger partial charge < -0.3 is 10.1 Å². The Morgan fingerprint density at radius 2 is 1.88 bits per heavy atom. The van der Waals surface area contributed by atoms with E-state index >= 15 is 0 Å². The molecule has 2 N–H and O–H groups in total. The third kappa shape index (κ3) is 5.67. The van der Waals surface area contributed by atoms with E-state index in [1.165, 1.54) is 0 Å². The second-order valence-corrected chi connectivity index (χ2v) is 6.20. The van der Waals surface area contributed by atoms with Crippen molar-refractivity contribution in [2.75, 3.05) is 11.9 Å². The molecule has 2 rings (SSSR count). The van der Waals surface area contributed by atoms with E-state index < -0.39 is 0 Å². The number of hydrogen-bond donors (Lipinski definition) is 2. The predicted molar refractivity (Wildman–Crippen MR) is 106 cm³/mol. The molecule has 0 saturated carbocycles. The highest BCUT2D eigenvalue weighted by Gasteiger charge is 2.11.